The lowest BCUT2D eigenvalue weighted by atomic mass is 10.1. The van der Waals surface area contributed by atoms with Crippen LogP contribution in [0.15, 0.2) is 42.6 Å². The highest BCUT2D eigenvalue weighted by Crippen LogP contribution is 2.34. The summed E-state index contributed by atoms with van der Waals surface area (Å²) >= 11 is 0. The molecule has 0 N–H and O–H groups in total. The average Bonchev–Trinajstić information content (AvgIpc) is 2.63. The fraction of sp³-hybridized carbons (Fsp3) is 0.316. The monoisotopic (exact) mass is 351 g/mol. The number of para-hydroxylation sites is 2. The lowest BCUT2D eigenvalue weighted by Gasteiger charge is -2.42. The smallest absolute Gasteiger partial charge is 0.267 e. The van der Waals surface area contributed by atoms with E-state index in [0.717, 1.165) is 0 Å². The lowest BCUT2D eigenvalue weighted by Crippen LogP contribution is -2.61. The van der Waals surface area contributed by atoms with E-state index in [0.29, 0.717) is 36.0 Å². The Labute approximate surface area is 150 Å². The first-order valence-electron chi connectivity index (χ1n) is 8.38. The largest absolute Gasteiger partial charge is 0.482 e. The maximum atomic E-state index is 12.7. The minimum Gasteiger partial charge on any atom is -0.482 e. The van der Waals surface area contributed by atoms with Crippen molar-refractivity contribution in [2.45, 2.75) is 25.2 Å². The summed E-state index contributed by atoms with van der Waals surface area (Å²) in [4.78, 5) is 18.5. The van der Waals surface area contributed by atoms with Crippen molar-refractivity contribution in [2.75, 3.05) is 13.1 Å². The Kier molecular flexibility index (Phi) is 4.09. The second-order valence-corrected chi connectivity index (χ2v) is 6.26. The van der Waals surface area contributed by atoms with E-state index in [1.54, 1.807) is 29.3 Å². The summed E-state index contributed by atoms with van der Waals surface area (Å²) in [6, 6.07) is 12.7. The van der Waals surface area contributed by atoms with Gasteiger partial charge in [0.15, 0.2) is 11.5 Å². The van der Waals surface area contributed by atoms with Crippen molar-refractivity contribution in [3.8, 4) is 23.4 Å². The van der Waals surface area contributed by atoms with Gasteiger partial charge in [-0.25, -0.2) is 4.98 Å². The van der Waals surface area contributed by atoms with Crippen LogP contribution in [0, 0.1) is 11.3 Å². The first kappa shape index (κ1) is 16.2. The number of fused-ring (bicyclic) bond motifs is 1. The van der Waals surface area contributed by atoms with E-state index in [1.807, 2.05) is 31.2 Å². The lowest BCUT2D eigenvalue weighted by molar-refractivity contribution is -0.153. The summed E-state index contributed by atoms with van der Waals surface area (Å²) in [5.74, 6) is 1.39. The maximum Gasteiger partial charge on any atom is 0.267 e. The van der Waals surface area contributed by atoms with Crippen LogP contribution in [0.5, 0.6) is 17.4 Å². The topological polar surface area (TPSA) is 84.7 Å². The fourth-order valence-electron chi connectivity index (χ4n) is 2.99. The number of hydrogen-bond donors (Lipinski definition) is 0. The van der Waals surface area contributed by atoms with Gasteiger partial charge in [-0.15, -0.1) is 0 Å². The molecule has 0 spiro atoms. The van der Waals surface area contributed by atoms with Crippen LogP contribution in [0.4, 0.5) is 0 Å². The number of nitrogens with zero attached hydrogens (tertiary/aromatic N) is 3. The van der Waals surface area contributed by atoms with Gasteiger partial charge in [-0.05, 0) is 31.2 Å². The third-order valence-corrected chi connectivity index (χ3v) is 4.42. The van der Waals surface area contributed by atoms with Crippen molar-refractivity contribution in [3.63, 3.8) is 0 Å². The molecule has 1 aromatic heterocycles. The van der Waals surface area contributed by atoms with Crippen molar-refractivity contribution < 1.29 is 19.0 Å². The molecule has 3 heterocycles. The zero-order valence-electron chi connectivity index (χ0n) is 14.2. The van der Waals surface area contributed by atoms with Crippen molar-refractivity contribution in [1.29, 1.82) is 5.26 Å². The third-order valence-electron chi connectivity index (χ3n) is 4.42. The Morgan fingerprint density at radius 3 is 2.69 bits per heavy atom. The van der Waals surface area contributed by atoms with Crippen LogP contribution in [0.3, 0.4) is 0 Å². The second kappa shape index (κ2) is 6.56. The Balaban J connectivity index is 1.37. The molecule has 0 radical (unpaired) electrons. The Bertz CT molecular complexity index is 873. The van der Waals surface area contributed by atoms with Gasteiger partial charge in [0.1, 0.15) is 23.8 Å². The van der Waals surface area contributed by atoms with E-state index in [2.05, 4.69) is 4.98 Å². The molecule has 7 heteroatoms. The van der Waals surface area contributed by atoms with Gasteiger partial charge in [0, 0.05) is 6.20 Å². The molecule has 1 fully saturated rings. The zero-order valence-corrected chi connectivity index (χ0v) is 14.2. The van der Waals surface area contributed by atoms with E-state index in [1.165, 1.54) is 0 Å². The van der Waals surface area contributed by atoms with Crippen LogP contribution in [-0.2, 0) is 4.79 Å². The summed E-state index contributed by atoms with van der Waals surface area (Å²) in [5, 5.41) is 9.08. The summed E-state index contributed by atoms with van der Waals surface area (Å²) in [7, 11) is 0. The Morgan fingerprint density at radius 2 is 1.96 bits per heavy atom. The van der Waals surface area contributed by atoms with Gasteiger partial charge in [-0.3, -0.25) is 4.79 Å². The predicted molar refractivity (Wildman–Crippen MR) is 90.9 cm³/mol. The van der Waals surface area contributed by atoms with E-state index in [9.17, 15) is 4.79 Å². The van der Waals surface area contributed by atoms with Gasteiger partial charge in [-0.1, -0.05) is 12.1 Å². The third kappa shape index (κ3) is 2.90. The number of hydrogen-bond acceptors (Lipinski definition) is 6. The number of ether oxygens (including phenoxy) is 3. The SMILES string of the molecule is CC1Oc2ccccc2OC1C(=O)N1CC(Oc2ncccc2C#N)C1. The fourth-order valence-corrected chi connectivity index (χ4v) is 2.99. The summed E-state index contributed by atoms with van der Waals surface area (Å²) in [6.45, 7) is 2.67. The summed E-state index contributed by atoms with van der Waals surface area (Å²) in [5.41, 5.74) is 0.381. The van der Waals surface area contributed by atoms with Crippen LogP contribution >= 0.6 is 0 Å². The normalized spacial score (nSPS) is 21.5. The molecule has 4 rings (SSSR count). The molecule has 1 saturated heterocycles. The number of carbonyl (C=O) groups is 1. The summed E-state index contributed by atoms with van der Waals surface area (Å²) < 4.78 is 17.4. The first-order valence-corrected chi connectivity index (χ1v) is 8.38. The maximum absolute atomic E-state index is 12.7. The van der Waals surface area contributed by atoms with Gasteiger partial charge in [0.25, 0.3) is 5.91 Å². The molecule has 2 atom stereocenters. The molecule has 1 aromatic carbocycles. The van der Waals surface area contributed by atoms with Crippen molar-refractivity contribution in [2.24, 2.45) is 0 Å². The highest BCUT2D eigenvalue weighted by Gasteiger charge is 2.42. The molecule has 2 aromatic rings. The Hall–Kier alpha value is -3.27. The van der Waals surface area contributed by atoms with Gasteiger partial charge >= 0.3 is 0 Å². The van der Waals surface area contributed by atoms with Gasteiger partial charge in [-0.2, -0.15) is 5.26 Å². The molecule has 0 bridgehead atoms. The highest BCUT2D eigenvalue weighted by molar-refractivity contribution is 5.83. The number of nitriles is 1. The molecule has 26 heavy (non-hydrogen) atoms. The van der Waals surface area contributed by atoms with Crippen LogP contribution in [0.2, 0.25) is 0 Å². The number of carbonyl (C=O) groups excluding carboxylic acids is 1. The number of likely N-dealkylation sites (tertiary alicyclic amines) is 1. The van der Waals surface area contributed by atoms with E-state index in [4.69, 9.17) is 19.5 Å². The van der Waals surface area contributed by atoms with Gasteiger partial charge < -0.3 is 19.1 Å². The molecule has 7 nitrogen and oxygen atoms in total. The zero-order chi connectivity index (χ0) is 18.1. The first-order chi connectivity index (χ1) is 12.7. The standard InChI is InChI=1S/C19H17N3O4/c1-12-17(26-16-7-3-2-6-15(16)24-12)19(23)22-10-14(11-22)25-18-13(9-20)5-4-8-21-18/h2-8,12,14,17H,10-11H2,1H3. The van der Waals surface area contributed by atoms with Crippen LogP contribution < -0.4 is 14.2 Å². The van der Waals surface area contributed by atoms with E-state index >= 15 is 0 Å². The molecule has 0 aliphatic carbocycles. The quantitative estimate of drug-likeness (QED) is 0.838. The van der Waals surface area contributed by atoms with Crippen LogP contribution in [0.1, 0.15) is 12.5 Å². The minimum atomic E-state index is -0.685. The highest BCUT2D eigenvalue weighted by atomic mass is 16.6. The van der Waals surface area contributed by atoms with Crippen molar-refractivity contribution >= 4 is 5.91 Å². The minimum absolute atomic E-state index is 0.131. The van der Waals surface area contributed by atoms with Crippen LogP contribution in [-0.4, -0.2) is 47.2 Å². The van der Waals surface area contributed by atoms with Crippen molar-refractivity contribution in [3.05, 3.63) is 48.2 Å². The van der Waals surface area contributed by atoms with Gasteiger partial charge in [0.05, 0.1) is 13.1 Å². The number of amides is 1. The van der Waals surface area contributed by atoms with Crippen molar-refractivity contribution in [1.82, 2.24) is 9.88 Å². The predicted octanol–water partition coefficient (Wildman–Crippen LogP) is 1.77. The number of benzene rings is 1. The summed E-state index contributed by atoms with van der Waals surface area (Å²) in [6.07, 6.45) is 0.325. The van der Waals surface area contributed by atoms with Crippen LogP contribution in [0.25, 0.3) is 0 Å². The molecular formula is C19H17N3O4. The second-order valence-electron chi connectivity index (χ2n) is 6.26. The molecule has 132 valence electrons. The number of aromatic nitrogens is 1. The molecule has 0 saturated carbocycles. The van der Waals surface area contributed by atoms with E-state index in [-0.39, 0.29) is 18.1 Å². The molecule has 1 amide bonds. The number of pyridine rings is 1. The molecular weight excluding hydrogens is 334 g/mol. The Morgan fingerprint density at radius 1 is 1.23 bits per heavy atom. The van der Waals surface area contributed by atoms with Gasteiger partial charge in [0.2, 0.25) is 12.0 Å². The van der Waals surface area contributed by atoms with E-state index < -0.39 is 6.10 Å². The number of rotatable bonds is 3. The molecule has 2 unspecified atom stereocenters. The molecule has 2 aliphatic heterocycles. The average molecular weight is 351 g/mol. The molecule has 2 aliphatic rings.